The second-order valence-corrected chi connectivity index (χ2v) is 16.5. The number of nitrogens with zero attached hydrogens (tertiary/aromatic N) is 1. The van der Waals surface area contributed by atoms with Gasteiger partial charge in [-0.15, -0.1) is 0 Å². The van der Waals surface area contributed by atoms with E-state index in [4.69, 9.17) is 0 Å². The maximum atomic E-state index is 2.66. The first-order chi connectivity index (χ1) is 25.8. The fraction of sp³-hybridized carbons (Fsp3) is 0.115. The predicted octanol–water partition coefficient (Wildman–Crippen LogP) is 14.0. The first-order valence-electron chi connectivity index (χ1n) is 18.9. The molecular formula is C52H37N. The van der Waals surface area contributed by atoms with Crippen LogP contribution in [-0.2, 0) is 10.8 Å². The van der Waals surface area contributed by atoms with Gasteiger partial charge in [0.1, 0.15) is 0 Å². The van der Waals surface area contributed by atoms with Crippen LogP contribution in [-0.4, -0.2) is 4.57 Å². The Hall–Kier alpha value is -6.18. The summed E-state index contributed by atoms with van der Waals surface area (Å²) in [7, 11) is 0. The van der Waals surface area contributed by atoms with Crippen molar-refractivity contribution in [2.24, 2.45) is 0 Å². The van der Waals surface area contributed by atoms with E-state index < -0.39 is 0 Å². The number of hydrogen-bond acceptors (Lipinski definition) is 0. The smallest absolute Gasteiger partial charge is 0.0582 e. The maximum absolute atomic E-state index is 2.66. The molecule has 2 aliphatic heterocycles. The molecule has 0 unspecified atom stereocenters. The van der Waals surface area contributed by atoms with Gasteiger partial charge in [-0.05, 0) is 124 Å². The van der Waals surface area contributed by atoms with Crippen molar-refractivity contribution in [3.8, 4) is 27.9 Å². The molecular weight excluding hydrogens is 639 g/mol. The number of fused-ring (bicyclic) bond motifs is 5. The van der Waals surface area contributed by atoms with Crippen molar-refractivity contribution in [1.82, 2.24) is 4.57 Å². The summed E-state index contributed by atoms with van der Waals surface area (Å²) >= 11 is 0. The number of rotatable bonds is 2. The van der Waals surface area contributed by atoms with Gasteiger partial charge in [0.2, 0.25) is 0 Å². The van der Waals surface area contributed by atoms with Crippen LogP contribution in [0, 0.1) is 0 Å². The number of benzene rings is 9. The molecule has 0 aliphatic carbocycles. The zero-order valence-corrected chi connectivity index (χ0v) is 30.4. The van der Waals surface area contributed by atoms with Gasteiger partial charge in [0.15, 0.2) is 0 Å². The highest BCUT2D eigenvalue weighted by Gasteiger charge is 2.43. The van der Waals surface area contributed by atoms with Crippen LogP contribution >= 0.6 is 0 Å². The number of hydrogen-bond donors (Lipinski definition) is 0. The van der Waals surface area contributed by atoms with Crippen molar-refractivity contribution in [3.63, 3.8) is 0 Å². The van der Waals surface area contributed by atoms with E-state index in [1.807, 2.05) is 0 Å². The Bertz CT molecular complexity index is 2950. The van der Waals surface area contributed by atoms with E-state index in [0.717, 1.165) is 0 Å². The molecule has 0 saturated heterocycles. The summed E-state index contributed by atoms with van der Waals surface area (Å²) in [6.45, 7) is 9.78. The van der Waals surface area contributed by atoms with Crippen molar-refractivity contribution in [2.75, 3.05) is 0 Å². The van der Waals surface area contributed by atoms with Crippen molar-refractivity contribution in [3.05, 3.63) is 174 Å². The van der Waals surface area contributed by atoms with E-state index in [1.54, 1.807) is 0 Å². The van der Waals surface area contributed by atoms with Gasteiger partial charge in [-0.1, -0.05) is 143 Å². The van der Waals surface area contributed by atoms with E-state index in [-0.39, 0.29) is 10.8 Å². The summed E-state index contributed by atoms with van der Waals surface area (Å²) in [4.78, 5) is 0. The van der Waals surface area contributed by atoms with Gasteiger partial charge in [-0.3, -0.25) is 0 Å². The Labute approximate surface area is 308 Å². The first kappa shape index (κ1) is 29.4. The number of aromatic nitrogens is 1. The zero-order chi connectivity index (χ0) is 35.4. The average molecular weight is 676 g/mol. The van der Waals surface area contributed by atoms with Crippen LogP contribution < -0.4 is 0 Å². The summed E-state index contributed by atoms with van der Waals surface area (Å²) in [5.74, 6) is 0. The van der Waals surface area contributed by atoms with Crippen LogP contribution in [0.15, 0.2) is 152 Å². The molecule has 0 radical (unpaired) electrons. The third-order valence-electron chi connectivity index (χ3n) is 13.0. The van der Waals surface area contributed by atoms with Gasteiger partial charge >= 0.3 is 0 Å². The molecule has 0 bridgehead atoms. The first-order valence-corrected chi connectivity index (χ1v) is 18.9. The molecule has 250 valence electrons. The van der Waals surface area contributed by atoms with Gasteiger partial charge in [-0.2, -0.15) is 0 Å². The Morgan fingerprint density at radius 1 is 0.340 bits per heavy atom. The monoisotopic (exact) mass is 675 g/mol. The largest absolute Gasteiger partial charge is 0.308 e. The highest BCUT2D eigenvalue weighted by Crippen LogP contribution is 2.57. The van der Waals surface area contributed by atoms with Gasteiger partial charge in [0.05, 0.1) is 16.7 Å². The average Bonchev–Trinajstić information content (AvgIpc) is 3.51. The van der Waals surface area contributed by atoms with Gasteiger partial charge in [-0.25, -0.2) is 0 Å². The lowest BCUT2D eigenvalue weighted by molar-refractivity contribution is 0.594. The molecule has 0 atom stereocenters. The molecule has 0 fully saturated rings. The second-order valence-electron chi connectivity index (χ2n) is 16.5. The molecule has 1 nitrogen and oxygen atoms in total. The molecule has 12 rings (SSSR count). The quantitative estimate of drug-likeness (QED) is 0.161. The molecule has 1 aromatic heterocycles. The van der Waals surface area contributed by atoms with Crippen LogP contribution in [0.25, 0.3) is 92.8 Å². The van der Waals surface area contributed by atoms with E-state index in [9.17, 15) is 0 Å². The predicted molar refractivity (Wildman–Crippen MR) is 226 cm³/mol. The Morgan fingerprint density at radius 2 is 0.698 bits per heavy atom. The van der Waals surface area contributed by atoms with E-state index in [1.165, 1.54) is 115 Å². The summed E-state index contributed by atoms with van der Waals surface area (Å²) in [5.41, 5.74) is 14.5. The Balaban J connectivity index is 1.31. The SMILES string of the molecule is CC1(C)c2cccc3c2-n2c4c1cc(-c1c5ccccc5cc5ccccc15)cc4c1cc(-c4c5ccccc5cc5ccccc45)cc(c12)C3(C)C. The topological polar surface area (TPSA) is 4.93 Å². The molecule has 2 aliphatic rings. The van der Waals surface area contributed by atoms with Crippen LogP contribution in [0.4, 0.5) is 0 Å². The Kier molecular flexibility index (Phi) is 5.45. The summed E-state index contributed by atoms with van der Waals surface area (Å²) in [6, 6.07) is 57.6. The van der Waals surface area contributed by atoms with Crippen LogP contribution in [0.3, 0.4) is 0 Å². The molecule has 9 aromatic carbocycles. The van der Waals surface area contributed by atoms with Gasteiger partial charge < -0.3 is 4.57 Å². The molecule has 0 spiro atoms. The minimum Gasteiger partial charge on any atom is -0.308 e. The van der Waals surface area contributed by atoms with Crippen LogP contribution in [0.5, 0.6) is 0 Å². The van der Waals surface area contributed by atoms with Crippen molar-refractivity contribution in [2.45, 2.75) is 38.5 Å². The molecule has 53 heavy (non-hydrogen) atoms. The fourth-order valence-corrected chi connectivity index (χ4v) is 10.5. The fourth-order valence-electron chi connectivity index (χ4n) is 10.5. The third kappa shape index (κ3) is 3.62. The lowest BCUT2D eigenvalue weighted by atomic mass is 9.68. The second kappa shape index (κ2) is 9.82. The highest BCUT2D eigenvalue weighted by molar-refractivity contribution is 6.21. The van der Waals surface area contributed by atoms with Crippen molar-refractivity contribution < 1.29 is 0 Å². The molecule has 0 N–H and O–H groups in total. The minimum atomic E-state index is -0.202. The van der Waals surface area contributed by atoms with E-state index in [0.29, 0.717) is 0 Å². The molecule has 0 amide bonds. The zero-order valence-electron chi connectivity index (χ0n) is 30.4. The van der Waals surface area contributed by atoms with E-state index in [2.05, 4.69) is 184 Å². The summed E-state index contributed by atoms with van der Waals surface area (Å²) < 4.78 is 2.66. The lowest BCUT2D eigenvalue weighted by Crippen LogP contribution is -2.33. The lowest BCUT2D eigenvalue weighted by Gasteiger charge is -2.42. The van der Waals surface area contributed by atoms with E-state index >= 15 is 0 Å². The van der Waals surface area contributed by atoms with Gasteiger partial charge in [0.25, 0.3) is 0 Å². The molecule has 3 heterocycles. The maximum Gasteiger partial charge on any atom is 0.0582 e. The van der Waals surface area contributed by atoms with Crippen LogP contribution in [0.1, 0.15) is 49.9 Å². The van der Waals surface area contributed by atoms with Crippen molar-refractivity contribution >= 4 is 64.9 Å². The summed E-state index contributed by atoms with van der Waals surface area (Å²) in [6.07, 6.45) is 0. The normalized spacial score (nSPS) is 15.1. The highest BCUT2D eigenvalue weighted by atomic mass is 15.0. The molecule has 1 heteroatoms. The van der Waals surface area contributed by atoms with Crippen LogP contribution in [0.2, 0.25) is 0 Å². The minimum absolute atomic E-state index is 0.202. The van der Waals surface area contributed by atoms with Gasteiger partial charge in [0, 0.05) is 21.6 Å². The van der Waals surface area contributed by atoms with Crippen molar-refractivity contribution in [1.29, 1.82) is 0 Å². The third-order valence-corrected chi connectivity index (χ3v) is 13.0. The Morgan fingerprint density at radius 3 is 1.08 bits per heavy atom. The molecule has 10 aromatic rings. The molecule has 0 saturated carbocycles. The standard InChI is InChI=1S/C52H37N/c1-51(2)42-22-13-23-43-50(42)53-48-40(26-34(28-44(48)51)46-36-18-9-5-14-30(36)24-31-15-6-10-19-37(31)46)41-27-35(29-45(49(41)53)52(43,3)4)47-38-20-11-7-16-32(38)25-33-17-8-12-21-39(33)47/h5-29H,1-4H3. The summed E-state index contributed by atoms with van der Waals surface area (Å²) in [5, 5.41) is 13.0. The number of para-hydroxylation sites is 1.